The van der Waals surface area contributed by atoms with E-state index in [1.54, 1.807) is 48.5 Å². The van der Waals surface area contributed by atoms with Crippen LogP contribution in [0.25, 0.3) is 10.4 Å². The lowest BCUT2D eigenvalue weighted by molar-refractivity contribution is -0.151. The molecule has 0 radical (unpaired) electrons. The number of aromatic nitrogens is 2. The molecule has 5 atom stereocenters. The predicted molar refractivity (Wildman–Crippen MR) is 149 cm³/mol. The average Bonchev–Trinajstić information content (AvgIpc) is 3.21. The minimum Gasteiger partial charge on any atom is -0.459 e. The summed E-state index contributed by atoms with van der Waals surface area (Å²) in [6.45, 7) is 1.68. The molecule has 1 fully saturated rings. The second-order valence-corrected chi connectivity index (χ2v) is 11.6. The molecule has 43 heavy (non-hydrogen) atoms. The Morgan fingerprint density at radius 2 is 1.81 bits per heavy atom. The highest BCUT2D eigenvalue weighted by Gasteiger charge is 2.56. The number of esters is 1. The monoisotopic (exact) mass is 616 g/mol. The van der Waals surface area contributed by atoms with Gasteiger partial charge in [0.2, 0.25) is 5.72 Å². The molecule has 1 aromatic heterocycles. The van der Waals surface area contributed by atoms with E-state index in [1.807, 2.05) is 4.98 Å². The zero-order chi connectivity index (χ0) is 31.3. The van der Waals surface area contributed by atoms with Crippen LogP contribution in [0.1, 0.15) is 25.6 Å². The number of nitrogens with one attached hydrogen (secondary N) is 2. The molecule has 1 aliphatic heterocycles. The van der Waals surface area contributed by atoms with Crippen LogP contribution in [-0.4, -0.2) is 55.8 Å². The van der Waals surface area contributed by atoms with Crippen molar-refractivity contribution in [3.05, 3.63) is 110 Å². The van der Waals surface area contributed by atoms with Crippen molar-refractivity contribution in [1.29, 1.82) is 0 Å². The van der Waals surface area contributed by atoms with E-state index in [1.165, 1.54) is 26.0 Å². The van der Waals surface area contributed by atoms with Crippen molar-refractivity contribution >= 4 is 13.7 Å². The Bertz CT molecular complexity index is 1640. The minimum absolute atomic E-state index is 0.0650. The number of azide groups is 1. The Hall–Kier alpha value is -4.27. The van der Waals surface area contributed by atoms with Crippen molar-refractivity contribution in [2.45, 2.75) is 50.2 Å². The fourth-order valence-corrected chi connectivity index (χ4v) is 5.79. The predicted octanol–water partition coefficient (Wildman–Crippen LogP) is 2.11. The summed E-state index contributed by atoms with van der Waals surface area (Å²) in [7, 11) is -4.61. The van der Waals surface area contributed by atoms with Gasteiger partial charge < -0.3 is 24.2 Å². The van der Waals surface area contributed by atoms with Crippen LogP contribution in [0, 0.1) is 0 Å². The molecule has 1 unspecified atom stereocenters. The van der Waals surface area contributed by atoms with Gasteiger partial charge in [-0.05, 0) is 37.1 Å². The third-order valence-corrected chi connectivity index (χ3v) is 8.04. The summed E-state index contributed by atoms with van der Waals surface area (Å²) in [4.78, 5) is 41.4. The first kappa shape index (κ1) is 31.7. The van der Waals surface area contributed by atoms with Crippen molar-refractivity contribution < 1.29 is 38.1 Å². The topological polar surface area (TPSA) is 227 Å². The second-order valence-electron chi connectivity index (χ2n) is 9.97. The zero-order valence-electron chi connectivity index (χ0n) is 23.0. The molecule has 3 aromatic rings. The lowest BCUT2D eigenvalue weighted by atomic mass is 10.1. The van der Waals surface area contributed by atoms with Gasteiger partial charge in [-0.3, -0.25) is 23.7 Å². The molecule has 0 amide bonds. The van der Waals surface area contributed by atoms with E-state index >= 15 is 0 Å². The van der Waals surface area contributed by atoms with E-state index in [0.717, 1.165) is 16.8 Å². The fourth-order valence-electron chi connectivity index (χ4n) is 4.10. The van der Waals surface area contributed by atoms with Crippen LogP contribution in [-0.2, 0) is 30.0 Å². The number of aliphatic hydroxyl groups is 2. The SMILES string of the molecule is CC(C)(NP(=O)(OC[C@@]1(N=[N+]=[N-])O[C@@H](n2ccc(=O)[nH]c2=O)[C@@H](O)[C@H]1O)Oc1ccccc1)C(=O)OCc1ccccc1. The number of hydrogen-bond acceptors (Lipinski definition) is 11. The molecule has 4 N–H and O–H groups in total. The molecule has 16 nitrogen and oxygen atoms in total. The van der Waals surface area contributed by atoms with Gasteiger partial charge in [-0.2, -0.15) is 5.09 Å². The third kappa shape index (κ3) is 7.39. The first-order chi connectivity index (χ1) is 20.4. The van der Waals surface area contributed by atoms with Gasteiger partial charge in [0, 0.05) is 17.2 Å². The maximum atomic E-state index is 14.1. The molecular weight excluding hydrogens is 587 g/mol. The van der Waals surface area contributed by atoms with Gasteiger partial charge in [0.25, 0.3) is 5.56 Å². The second kappa shape index (κ2) is 12.9. The molecule has 2 aromatic carbocycles. The highest BCUT2D eigenvalue weighted by Crippen LogP contribution is 2.49. The summed E-state index contributed by atoms with van der Waals surface area (Å²) in [5.41, 5.74) is 4.14. The van der Waals surface area contributed by atoms with Crippen molar-refractivity contribution in [3.63, 3.8) is 0 Å². The van der Waals surface area contributed by atoms with Crippen LogP contribution in [0.3, 0.4) is 0 Å². The molecule has 4 rings (SSSR count). The van der Waals surface area contributed by atoms with E-state index < -0.39 is 61.3 Å². The van der Waals surface area contributed by atoms with Crippen molar-refractivity contribution in [2.75, 3.05) is 6.61 Å². The van der Waals surface area contributed by atoms with Crippen molar-refractivity contribution in [3.8, 4) is 5.75 Å². The smallest absolute Gasteiger partial charge is 0.459 e. The van der Waals surface area contributed by atoms with Gasteiger partial charge >= 0.3 is 19.4 Å². The quantitative estimate of drug-likeness (QED) is 0.0757. The van der Waals surface area contributed by atoms with Gasteiger partial charge in [-0.15, -0.1) is 0 Å². The highest BCUT2D eigenvalue weighted by atomic mass is 31.2. The molecule has 17 heteroatoms. The Morgan fingerprint density at radius 3 is 2.44 bits per heavy atom. The van der Waals surface area contributed by atoms with Gasteiger partial charge in [0.15, 0.2) is 6.23 Å². The summed E-state index contributed by atoms with van der Waals surface area (Å²) in [6.07, 6.45) is -4.53. The maximum Gasteiger partial charge on any atom is 0.459 e. The lowest BCUT2D eigenvalue weighted by Gasteiger charge is -2.32. The molecular formula is C26H29N6O10P. The molecule has 0 aliphatic carbocycles. The van der Waals surface area contributed by atoms with Crippen LogP contribution < -0.4 is 20.9 Å². The largest absolute Gasteiger partial charge is 0.459 e. The van der Waals surface area contributed by atoms with Crippen LogP contribution >= 0.6 is 7.75 Å². The van der Waals surface area contributed by atoms with Crippen LogP contribution in [0.5, 0.6) is 5.75 Å². The number of carbonyl (C=O) groups excluding carboxylic acids is 1. The Kier molecular flexibility index (Phi) is 9.52. The summed E-state index contributed by atoms with van der Waals surface area (Å²) >= 11 is 0. The molecule has 0 bridgehead atoms. The van der Waals surface area contributed by atoms with Gasteiger partial charge in [-0.25, -0.2) is 9.36 Å². The number of hydrogen-bond donors (Lipinski definition) is 4. The maximum absolute atomic E-state index is 14.1. The summed E-state index contributed by atoms with van der Waals surface area (Å²) in [6, 6.07) is 17.6. The van der Waals surface area contributed by atoms with Crippen molar-refractivity contribution in [1.82, 2.24) is 14.6 Å². The highest BCUT2D eigenvalue weighted by molar-refractivity contribution is 7.52. The minimum atomic E-state index is -4.61. The van der Waals surface area contributed by atoms with Crippen LogP contribution in [0.4, 0.5) is 0 Å². The zero-order valence-corrected chi connectivity index (χ0v) is 23.9. The number of para-hydroxylation sites is 1. The Labute approximate surface area is 244 Å². The van der Waals surface area contributed by atoms with E-state index in [0.29, 0.717) is 5.56 Å². The summed E-state index contributed by atoms with van der Waals surface area (Å²) < 4.78 is 37.1. The number of nitrogens with zero attached hydrogens (tertiary/aromatic N) is 4. The van der Waals surface area contributed by atoms with E-state index in [4.69, 9.17) is 18.5 Å². The number of carbonyl (C=O) groups is 1. The number of rotatable bonds is 12. The number of ether oxygens (including phenoxy) is 2. The summed E-state index contributed by atoms with van der Waals surface area (Å²) in [5.74, 6) is -0.748. The first-order valence-electron chi connectivity index (χ1n) is 12.8. The molecule has 2 heterocycles. The van der Waals surface area contributed by atoms with Crippen LogP contribution in [0.15, 0.2) is 87.6 Å². The van der Waals surface area contributed by atoms with E-state index in [2.05, 4.69) is 15.1 Å². The number of aromatic amines is 1. The Balaban J connectivity index is 1.59. The Morgan fingerprint density at radius 1 is 1.16 bits per heavy atom. The fraction of sp³-hybridized carbons (Fsp3) is 0.346. The van der Waals surface area contributed by atoms with Gasteiger partial charge in [0.05, 0.1) is 6.61 Å². The molecule has 0 saturated carbocycles. The van der Waals surface area contributed by atoms with Crippen molar-refractivity contribution in [2.24, 2.45) is 5.11 Å². The number of benzene rings is 2. The molecule has 1 aliphatic rings. The van der Waals surface area contributed by atoms with Crippen LogP contribution in [0.2, 0.25) is 0 Å². The molecule has 228 valence electrons. The van der Waals surface area contributed by atoms with Gasteiger partial charge in [-0.1, -0.05) is 53.6 Å². The van der Waals surface area contributed by atoms with E-state index in [9.17, 15) is 34.7 Å². The molecule has 1 saturated heterocycles. The van der Waals surface area contributed by atoms with Gasteiger partial charge in [0.1, 0.15) is 30.1 Å². The van der Waals surface area contributed by atoms with E-state index in [-0.39, 0.29) is 12.4 Å². The normalized spacial score (nSPS) is 23.1. The summed E-state index contributed by atoms with van der Waals surface area (Å²) in [5, 5.41) is 27.6. The first-order valence-corrected chi connectivity index (χ1v) is 14.3. The lowest BCUT2D eigenvalue weighted by Crippen LogP contribution is -2.49. The third-order valence-electron chi connectivity index (χ3n) is 6.29. The number of H-pyrrole nitrogens is 1. The number of aliphatic hydroxyl groups excluding tert-OH is 2. The standard InChI is InChI=1S/C26H29N6O10P/c1-25(2,23(36)39-15-17-9-5-3-6-10-17)30-43(38,42-18-11-7-4-8-12-18)40-16-26(29-31-27)21(35)20(34)22(41-26)32-14-13-19(33)28-24(32)37/h3-14,20-22,34-35H,15-16H2,1-2H3,(H,30,38)(H,28,33,37)/t20-,21+,22+,26+,43?/m0/s1. The average molecular weight is 617 g/mol. The molecule has 0 spiro atoms.